The van der Waals surface area contributed by atoms with Crippen LogP contribution >= 0.6 is 0 Å². The molecule has 3 nitrogen and oxygen atoms in total. The number of rotatable bonds is 1. The molecule has 0 atom stereocenters. The summed E-state index contributed by atoms with van der Waals surface area (Å²) in [6.45, 7) is 1.92. The molecular formula is C13H13N3. The molecule has 0 saturated carbocycles. The third-order valence-corrected chi connectivity index (χ3v) is 2.66. The van der Waals surface area contributed by atoms with Gasteiger partial charge in [0, 0.05) is 17.8 Å². The van der Waals surface area contributed by atoms with E-state index in [-0.39, 0.29) is 0 Å². The highest BCUT2D eigenvalue weighted by atomic mass is 14.9. The normalized spacial score (nSPS) is 15.8. The van der Waals surface area contributed by atoms with E-state index in [9.17, 15) is 0 Å². The number of nitrogens with one attached hydrogen (secondary N) is 1. The van der Waals surface area contributed by atoms with Crippen molar-refractivity contribution in [3.8, 4) is 6.07 Å². The lowest BCUT2D eigenvalue weighted by Gasteiger charge is -2.21. The van der Waals surface area contributed by atoms with Crippen LogP contribution in [-0.4, -0.2) is 0 Å². The van der Waals surface area contributed by atoms with Gasteiger partial charge >= 0.3 is 0 Å². The zero-order chi connectivity index (χ0) is 11.5. The van der Waals surface area contributed by atoms with Crippen LogP contribution in [-0.2, 0) is 0 Å². The van der Waals surface area contributed by atoms with E-state index in [1.807, 2.05) is 37.3 Å². The van der Waals surface area contributed by atoms with Crippen LogP contribution in [0.2, 0.25) is 0 Å². The number of nitriles is 1. The van der Waals surface area contributed by atoms with Crippen molar-refractivity contribution >= 4 is 5.70 Å². The zero-order valence-corrected chi connectivity index (χ0v) is 9.12. The number of nitrogens with two attached hydrogens (primary N) is 1. The predicted molar refractivity (Wildman–Crippen MR) is 63.6 cm³/mol. The number of allylic oxidation sites excluding steroid dienone is 2. The average Bonchev–Trinajstić information content (AvgIpc) is 2.33. The molecule has 0 saturated heterocycles. The topological polar surface area (TPSA) is 61.8 Å². The van der Waals surface area contributed by atoms with Gasteiger partial charge in [-0.1, -0.05) is 30.3 Å². The molecule has 1 aliphatic rings. The molecule has 0 aromatic heterocycles. The molecule has 1 aromatic carbocycles. The fourth-order valence-electron chi connectivity index (χ4n) is 1.70. The van der Waals surface area contributed by atoms with E-state index in [1.54, 1.807) is 0 Å². The molecule has 3 N–H and O–H groups in total. The van der Waals surface area contributed by atoms with Gasteiger partial charge in [0.05, 0.1) is 17.3 Å². The summed E-state index contributed by atoms with van der Waals surface area (Å²) in [4.78, 5) is 0. The van der Waals surface area contributed by atoms with E-state index in [2.05, 4.69) is 11.4 Å². The van der Waals surface area contributed by atoms with Gasteiger partial charge in [-0.3, -0.25) is 0 Å². The van der Waals surface area contributed by atoms with E-state index >= 15 is 0 Å². The molecule has 0 amide bonds. The van der Waals surface area contributed by atoms with Crippen molar-refractivity contribution in [2.45, 2.75) is 13.3 Å². The average molecular weight is 211 g/mol. The van der Waals surface area contributed by atoms with Crippen LogP contribution in [0.5, 0.6) is 0 Å². The summed E-state index contributed by atoms with van der Waals surface area (Å²) in [5.74, 6) is 0. The first-order valence-electron chi connectivity index (χ1n) is 5.13. The number of dihydropyridines is 1. The summed E-state index contributed by atoms with van der Waals surface area (Å²) in [6, 6.07) is 12.0. The van der Waals surface area contributed by atoms with Crippen molar-refractivity contribution < 1.29 is 0 Å². The van der Waals surface area contributed by atoms with Gasteiger partial charge in [-0.15, -0.1) is 0 Å². The summed E-state index contributed by atoms with van der Waals surface area (Å²) in [5.41, 5.74) is 10.1. The van der Waals surface area contributed by atoms with Crippen LogP contribution in [0.15, 0.2) is 47.3 Å². The predicted octanol–water partition coefficient (Wildman–Crippen LogP) is 2.10. The van der Waals surface area contributed by atoms with Crippen molar-refractivity contribution in [1.82, 2.24) is 5.32 Å². The molecule has 80 valence electrons. The Morgan fingerprint density at radius 1 is 1.31 bits per heavy atom. The highest BCUT2D eigenvalue weighted by molar-refractivity contribution is 5.73. The van der Waals surface area contributed by atoms with Gasteiger partial charge in [0.15, 0.2) is 0 Å². The maximum atomic E-state index is 9.10. The quantitative estimate of drug-likeness (QED) is 0.747. The van der Waals surface area contributed by atoms with Crippen LogP contribution in [0, 0.1) is 11.3 Å². The van der Waals surface area contributed by atoms with Gasteiger partial charge in [0.1, 0.15) is 0 Å². The lowest BCUT2D eigenvalue weighted by Crippen LogP contribution is -2.22. The van der Waals surface area contributed by atoms with Crippen LogP contribution < -0.4 is 11.1 Å². The molecule has 1 heterocycles. The van der Waals surface area contributed by atoms with Gasteiger partial charge in [0.25, 0.3) is 0 Å². The molecule has 0 aliphatic carbocycles. The second-order valence-electron chi connectivity index (χ2n) is 3.78. The van der Waals surface area contributed by atoms with Gasteiger partial charge in [-0.05, 0) is 12.5 Å². The maximum Gasteiger partial charge on any atom is 0.0973 e. The van der Waals surface area contributed by atoms with Crippen molar-refractivity contribution in [3.05, 3.63) is 52.9 Å². The Morgan fingerprint density at radius 3 is 2.62 bits per heavy atom. The van der Waals surface area contributed by atoms with E-state index < -0.39 is 0 Å². The lowest BCUT2D eigenvalue weighted by atomic mass is 9.99. The van der Waals surface area contributed by atoms with Crippen LogP contribution in [0.3, 0.4) is 0 Å². The fraction of sp³-hybridized carbons (Fsp3) is 0.154. The summed E-state index contributed by atoms with van der Waals surface area (Å²) in [7, 11) is 0. The van der Waals surface area contributed by atoms with Crippen LogP contribution in [0.4, 0.5) is 0 Å². The summed E-state index contributed by atoms with van der Waals surface area (Å²) in [6.07, 6.45) is 0.527. The molecule has 0 radical (unpaired) electrons. The minimum Gasteiger partial charge on any atom is -0.400 e. The number of benzene rings is 1. The van der Waals surface area contributed by atoms with Crippen molar-refractivity contribution in [2.24, 2.45) is 5.73 Å². The van der Waals surface area contributed by atoms with E-state index in [4.69, 9.17) is 11.0 Å². The minimum absolute atomic E-state index is 0.527. The third kappa shape index (κ3) is 1.78. The molecule has 1 aromatic rings. The highest BCUT2D eigenvalue weighted by Gasteiger charge is 2.16. The Hall–Kier alpha value is -2.21. The second kappa shape index (κ2) is 4.11. The smallest absolute Gasteiger partial charge is 0.0973 e. The maximum absolute atomic E-state index is 9.10. The minimum atomic E-state index is 0.527. The Bertz CT molecular complexity index is 504. The van der Waals surface area contributed by atoms with Crippen molar-refractivity contribution in [3.63, 3.8) is 0 Å². The summed E-state index contributed by atoms with van der Waals surface area (Å²) in [5, 5.41) is 12.3. The highest BCUT2D eigenvalue weighted by Crippen LogP contribution is 2.25. The zero-order valence-electron chi connectivity index (χ0n) is 9.12. The standard InChI is InChI=1S/C13H13N3/c1-9-12(15)7-11(8-14)13(16-9)10-5-3-2-4-6-10/h2-6,16H,7,15H2,1H3. The second-order valence-corrected chi connectivity index (χ2v) is 3.78. The Morgan fingerprint density at radius 2 is 2.00 bits per heavy atom. The van der Waals surface area contributed by atoms with E-state index in [1.165, 1.54) is 0 Å². The number of hydrogen-bond acceptors (Lipinski definition) is 3. The fourth-order valence-corrected chi connectivity index (χ4v) is 1.70. The first-order valence-corrected chi connectivity index (χ1v) is 5.13. The molecule has 3 heteroatoms. The monoisotopic (exact) mass is 211 g/mol. The summed E-state index contributed by atoms with van der Waals surface area (Å²) < 4.78 is 0. The van der Waals surface area contributed by atoms with Crippen molar-refractivity contribution in [2.75, 3.05) is 0 Å². The first-order chi connectivity index (χ1) is 7.72. The Kier molecular flexibility index (Phi) is 2.65. The van der Waals surface area contributed by atoms with Gasteiger partial charge in [-0.25, -0.2) is 0 Å². The number of nitrogens with zero attached hydrogens (tertiary/aromatic N) is 1. The molecule has 0 bridgehead atoms. The van der Waals surface area contributed by atoms with Crippen molar-refractivity contribution in [1.29, 1.82) is 5.26 Å². The largest absolute Gasteiger partial charge is 0.400 e. The summed E-state index contributed by atoms with van der Waals surface area (Å²) >= 11 is 0. The van der Waals surface area contributed by atoms with Crippen LogP contribution in [0.25, 0.3) is 5.70 Å². The molecule has 0 spiro atoms. The van der Waals surface area contributed by atoms with Gasteiger partial charge in [-0.2, -0.15) is 5.26 Å². The van der Waals surface area contributed by atoms with Gasteiger partial charge < -0.3 is 11.1 Å². The molecule has 2 rings (SSSR count). The third-order valence-electron chi connectivity index (χ3n) is 2.66. The lowest BCUT2D eigenvalue weighted by molar-refractivity contribution is 0.927. The molecular weight excluding hydrogens is 198 g/mol. The number of hydrogen-bond donors (Lipinski definition) is 2. The van der Waals surface area contributed by atoms with E-state index in [0.29, 0.717) is 12.0 Å². The molecule has 1 aliphatic heterocycles. The van der Waals surface area contributed by atoms with E-state index in [0.717, 1.165) is 22.7 Å². The Balaban J connectivity index is 2.44. The van der Waals surface area contributed by atoms with Crippen LogP contribution in [0.1, 0.15) is 18.9 Å². The SMILES string of the molecule is CC1=C(N)CC(C#N)=C(c2ccccc2)N1. The first kappa shape index (κ1) is 10.3. The van der Waals surface area contributed by atoms with Gasteiger partial charge in [0.2, 0.25) is 0 Å². The molecule has 16 heavy (non-hydrogen) atoms. The molecule has 0 fully saturated rings. The molecule has 0 unspecified atom stereocenters. The Labute approximate surface area is 94.9 Å².